The van der Waals surface area contributed by atoms with Crippen LogP contribution in [0, 0.1) is 0 Å². The Morgan fingerprint density at radius 2 is 1.86 bits per heavy atom. The maximum Gasteiger partial charge on any atom is 0.336 e. The van der Waals surface area contributed by atoms with Crippen molar-refractivity contribution >= 4 is 11.5 Å². The zero-order chi connectivity index (χ0) is 15.0. The van der Waals surface area contributed by atoms with Gasteiger partial charge in [-0.3, -0.25) is 0 Å². The van der Waals surface area contributed by atoms with Gasteiger partial charge in [0.15, 0.2) is 0 Å². The average molecular weight is 285 g/mol. The summed E-state index contributed by atoms with van der Waals surface area (Å²) in [4.78, 5) is 14.2. The summed E-state index contributed by atoms with van der Waals surface area (Å²) in [5.74, 6) is 0.618. The van der Waals surface area contributed by atoms with Crippen LogP contribution in [0.25, 0.3) is 5.57 Å². The summed E-state index contributed by atoms with van der Waals surface area (Å²) in [7, 11) is 5.13. The highest BCUT2D eigenvalue weighted by Crippen LogP contribution is 2.45. The number of likely N-dealkylation sites (tertiary alicyclic amines) is 1. The van der Waals surface area contributed by atoms with Crippen molar-refractivity contribution in [3.8, 4) is 5.75 Å². The summed E-state index contributed by atoms with van der Waals surface area (Å²) in [6, 6.07) is 8.02. The Balaban J connectivity index is 2.00. The molecule has 0 bridgehead atoms. The molecule has 0 atom stereocenters. The first-order chi connectivity index (χ1) is 10.2. The van der Waals surface area contributed by atoms with Crippen molar-refractivity contribution in [1.29, 1.82) is 0 Å². The van der Waals surface area contributed by atoms with Crippen molar-refractivity contribution < 1.29 is 14.3 Å². The largest absolute Gasteiger partial charge is 0.497 e. The second-order valence-electron chi connectivity index (χ2n) is 5.35. The molecule has 1 heterocycles. The zero-order valence-electron chi connectivity index (χ0n) is 12.6. The number of benzene rings is 1. The first kappa shape index (κ1) is 13.7. The second-order valence-corrected chi connectivity index (χ2v) is 5.35. The molecule has 4 heteroatoms. The van der Waals surface area contributed by atoms with Crippen LogP contribution in [0.2, 0.25) is 0 Å². The van der Waals surface area contributed by atoms with Gasteiger partial charge in [0.1, 0.15) is 5.75 Å². The lowest BCUT2D eigenvalue weighted by Crippen LogP contribution is -2.15. The Hall–Kier alpha value is -2.23. The third-order valence-electron chi connectivity index (χ3n) is 4.24. The molecule has 0 amide bonds. The van der Waals surface area contributed by atoms with E-state index >= 15 is 0 Å². The van der Waals surface area contributed by atoms with Gasteiger partial charge in [0.05, 0.1) is 25.5 Å². The van der Waals surface area contributed by atoms with Crippen LogP contribution >= 0.6 is 0 Å². The van der Waals surface area contributed by atoms with Gasteiger partial charge in [0, 0.05) is 20.0 Å². The van der Waals surface area contributed by atoms with E-state index in [9.17, 15) is 4.79 Å². The lowest BCUT2D eigenvalue weighted by Gasteiger charge is -2.13. The van der Waals surface area contributed by atoms with Crippen LogP contribution in [0.4, 0.5) is 0 Å². The fraction of sp³-hybridized carbons (Fsp3) is 0.353. The van der Waals surface area contributed by atoms with Crippen LogP contribution in [-0.2, 0) is 9.53 Å². The number of carbonyl (C=O) groups excluding carboxylic acids is 1. The van der Waals surface area contributed by atoms with Gasteiger partial charge in [-0.1, -0.05) is 12.1 Å². The number of hydrogen-bond donors (Lipinski definition) is 0. The fourth-order valence-corrected chi connectivity index (χ4v) is 3.17. The van der Waals surface area contributed by atoms with Crippen LogP contribution in [0.5, 0.6) is 5.75 Å². The molecule has 4 nitrogen and oxygen atoms in total. The molecule has 0 unspecified atom stereocenters. The van der Waals surface area contributed by atoms with Crippen LogP contribution in [0.1, 0.15) is 18.4 Å². The smallest absolute Gasteiger partial charge is 0.336 e. The molecule has 0 radical (unpaired) electrons. The van der Waals surface area contributed by atoms with Gasteiger partial charge < -0.3 is 14.4 Å². The zero-order valence-corrected chi connectivity index (χ0v) is 12.6. The van der Waals surface area contributed by atoms with E-state index in [2.05, 4.69) is 17.0 Å². The van der Waals surface area contributed by atoms with Gasteiger partial charge >= 0.3 is 5.97 Å². The molecular formula is C17H19NO3. The monoisotopic (exact) mass is 285 g/mol. The first-order valence-corrected chi connectivity index (χ1v) is 7.05. The van der Waals surface area contributed by atoms with Crippen molar-refractivity contribution in [3.05, 3.63) is 46.7 Å². The molecule has 1 aromatic rings. The Morgan fingerprint density at radius 1 is 1.14 bits per heavy atom. The lowest BCUT2D eigenvalue weighted by atomic mass is 9.99. The predicted octanol–water partition coefficient (Wildman–Crippen LogP) is 2.62. The Kier molecular flexibility index (Phi) is 3.45. The number of esters is 1. The van der Waals surface area contributed by atoms with Crippen molar-refractivity contribution in [2.45, 2.75) is 12.8 Å². The standard InChI is InChI=1S/C17H19NO3/c1-18-9-8-13-14(10-15(16(13)18)17(19)21-3)11-4-6-12(20-2)7-5-11/h4-7H,8-10H2,1-3H3. The second kappa shape index (κ2) is 5.28. The van der Waals surface area contributed by atoms with Gasteiger partial charge in [-0.15, -0.1) is 0 Å². The summed E-state index contributed by atoms with van der Waals surface area (Å²) in [5, 5.41) is 0. The average Bonchev–Trinajstić information content (AvgIpc) is 3.08. The number of nitrogens with zero attached hydrogens (tertiary/aromatic N) is 1. The van der Waals surface area contributed by atoms with E-state index in [-0.39, 0.29) is 5.97 Å². The number of rotatable bonds is 3. The highest BCUT2D eigenvalue weighted by Gasteiger charge is 2.35. The van der Waals surface area contributed by atoms with Gasteiger partial charge in [-0.25, -0.2) is 4.79 Å². The number of hydrogen-bond acceptors (Lipinski definition) is 4. The molecule has 0 saturated carbocycles. The third kappa shape index (κ3) is 2.20. The topological polar surface area (TPSA) is 38.8 Å². The van der Waals surface area contributed by atoms with Crippen molar-refractivity contribution in [1.82, 2.24) is 4.90 Å². The molecule has 0 aromatic heterocycles. The van der Waals surface area contributed by atoms with Gasteiger partial charge in [0.2, 0.25) is 0 Å². The molecule has 1 aromatic carbocycles. The number of methoxy groups -OCH3 is 2. The normalized spacial score (nSPS) is 17.4. The van der Waals surface area contributed by atoms with Crippen LogP contribution < -0.4 is 4.74 Å². The molecule has 1 saturated heterocycles. The lowest BCUT2D eigenvalue weighted by molar-refractivity contribution is -0.136. The molecule has 2 aliphatic rings. The van der Waals surface area contributed by atoms with Crippen LogP contribution in [-0.4, -0.2) is 38.7 Å². The Labute approximate surface area is 124 Å². The van der Waals surface area contributed by atoms with Gasteiger partial charge in [-0.2, -0.15) is 0 Å². The molecule has 1 aliphatic carbocycles. The van der Waals surface area contributed by atoms with E-state index in [0.29, 0.717) is 6.42 Å². The minimum absolute atomic E-state index is 0.222. The number of ether oxygens (including phenoxy) is 2. The molecule has 1 aliphatic heterocycles. The summed E-state index contributed by atoms with van der Waals surface area (Å²) in [6.07, 6.45) is 1.63. The molecule has 0 spiro atoms. The fourth-order valence-electron chi connectivity index (χ4n) is 3.17. The van der Waals surface area contributed by atoms with Gasteiger partial charge in [-0.05, 0) is 35.3 Å². The Bertz CT molecular complexity index is 641. The Morgan fingerprint density at radius 3 is 2.48 bits per heavy atom. The first-order valence-electron chi connectivity index (χ1n) is 7.05. The maximum absolute atomic E-state index is 12.0. The highest BCUT2D eigenvalue weighted by atomic mass is 16.5. The van der Waals surface area contributed by atoms with E-state index in [1.807, 2.05) is 19.2 Å². The molecule has 21 heavy (non-hydrogen) atoms. The minimum atomic E-state index is -0.222. The highest BCUT2D eigenvalue weighted by molar-refractivity contribution is 5.97. The maximum atomic E-state index is 12.0. The molecule has 1 fully saturated rings. The van der Waals surface area contributed by atoms with Crippen LogP contribution in [0.3, 0.4) is 0 Å². The molecule has 0 N–H and O–H groups in total. The summed E-state index contributed by atoms with van der Waals surface area (Å²) in [5.41, 5.74) is 5.50. The van der Waals surface area contributed by atoms with E-state index in [4.69, 9.17) is 9.47 Å². The quantitative estimate of drug-likeness (QED) is 0.800. The van der Waals surface area contributed by atoms with Crippen molar-refractivity contribution in [2.75, 3.05) is 27.8 Å². The number of fused-ring (bicyclic) bond motifs is 1. The summed E-state index contributed by atoms with van der Waals surface area (Å²) in [6.45, 7) is 0.949. The van der Waals surface area contributed by atoms with Crippen molar-refractivity contribution in [2.24, 2.45) is 0 Å². The van der Waals surface area contributed by atoms with E-state index in [1.54, 1.807) is 7.11 Å². The van der Waals surface area contributed by atoms with Crippen molar-refractivity contribution in [3.63, 3.8) is 0 Å². The van der Waals surface area contributed by atoms with Crippen LogP contribution in [0.15, 0.2) is 41.1 Å². The number of likely N-dealkylation sites (N-methyl/N-ethyl adjacent to an activating group) is 1. The minimum Gasteiger partial charge on any atom is -0.497 e. The predicted molar refractivity (Wildman–Crippen MR) is 80.8 cm³/mol. The SMILES string of the molecule is COC(=O)C1=C2C(=C(c3ccc(OC)cc3)C1)CCN2C. The summed E-state index contributed by atoms with van der Waals surface area (Å²) >= 11 is 0. The molecular weight excluding hydrogens is 266 g/mol. The third-order valence-corrected chi connectivity index (χ3v) is 4.24. The molecule has 110 valence electrons. The number of allylic oxidation sites excluding steroid dienone is 2. The van der Waals surface area contributed by atoms with E-state index in [1.165, 1.54) is 18.3 Å². The van der Waals surface area contributed by atoms with E-state index in [0.717, 1.165) is 35.5 Å². The summed E-state index contributed by atoms with van der Waals surface area (Å²) < 4.78 is 10.1. The number of carbonyl (C=O) groups is 1. The van der Waals surface area contributed by atoms with Gasteiger partial charge in [0.25, 0.3) is 0 Å². The van der Waals surface area contributed by atoms with E-state index < -0.39 is 0 Å². The molecule has 3 rings (SSSR count).